The number of rotatable bonds is 17. The third-order valence-electron chi connectivity index (χ3n) is 8.34. The summed E-state index contributed by atoms with van der Waals surface area (Å²) in [6.07, 6.45) is 13.0. The molecule has 0 spiro atoms. The van der Waals surface area contributed by atoms with E-state index in [0.717, 1.165) is 38.7 Å². The standard InChI is InChI=1S/C36H48O4/c1-4-5-6-7-8-9-10-17-33(38-25-31-26-39-36(2,3)40-31)37-24-12-11-14-27-18-19-30-21-20-28-15-13-16-29-22-23-32(27)35(30)34(28)29/h13,15-16,18-23,31,33H,4-12,14,17,24-26H2,1-3H3. The highest BCUT2D eigenvalue weighted by Gasteiger charge is 2.33. The number of hydrogen-bond acceptors (Lipinski definition) is 4. The van der Waals surface area contributed by atoms with E-state index in [0.29, 0.717) is 13.2 Å². The van der Waals surface area contributed by atoms with E-state index in [1.54, 1.807) is 0 Å². The maximum absolute atomic E-state index is 6.30. The van der Waals surface area contributed by atoms with Crippen LogP contribution in [0.5, 0.6) is 0 Å². The summed E-state index contributed by atoms with van der Waals surface area (Å²) in [5.74, 6) is -0.520. The number of ether oxygens (including phenoxy) is 4. The van der Waals surface area contributed by atoms with Crippen LogP contribution in [0.4, 0.5) is 0 Å². The van der Waals surface area contributed by atoms with Gasteiger partial charge in [-0.1, -0.05) is 100 Å². The third kappa shape index (κ3) is 7.53. The second-order valence-electron chi connectivity index (χ2n) is 12.0. The fourth-order valence-corrected chi connectivity index (χ4v) is 6.19. The number of aryl methyl sites for hydroxylation is 1. The SMILES string of the molecule is CCCCCCCCCC(OCCCCc1ccc2ccc3cccc4ccc1c2c34)OCC1COC(C)(C)O1. The van der Waals surface area contributed by atoms with Gasteiger partial charge in [-0.2, -0.15) is 0 Å². The first-order valence-corrected chi connectivity index (χ1v) is 15.7. The summed E-state index contributed by atoms with van der Waals surface area (Å²) in [6, 6.07) is 20.3. The van der Waals surface area contributed by atoms with Crippen LogP contribution < -0.4 is 0 Å². The predicted octanol–water partition coefficient (Wildman–Crippen LogP) is 9.56. The van der Waals surface area contributed by atoms with Crippen LogP contribution in [-0.4, -0.2) is 38.0 Å². The molecule has 4 aromatic rings. The molecular formula is C36H48O4. The Bertz CT molecular complexity index is 1310. The lowest BCUT2D eigenvalue weighted by Gasteiger charge is -2.21. The van der Waals surface area contributed by atoms with Crippen molar-refractivity contribution in [3.8, 4) is 0 Å². The number of benzene rings is 4. The first kappa shape index (κ1) is 29.3. The molecule has 1 heterocycles. The van der Waals surface area contributed by atoms with Gasteiger partial charge in [0.2, 0.25) is 0 Å². The van der Waals surface area contributed by atoms with Gasteiger partial charge in [0.1, 0.15) is 6.10 Å². The monoisotopic (exact) mass is 544 g/mol. The number of hydrogen-bond donors (Lipinski definition) is 0. The fourth-order valence-electron chi connectivity index (χ4n) is 6.19. The Labute approximate surface area is 240 Å². The second kappa shape index (κ2) is 14.1. The Hall–Kier alpha value is -2.24. The summed E-state index contributed by atoms with van der Waals surface area (Å²) < 4.78 is 24.2. The topological polar surface area (TPSA) is 36.9 Å². The van der Waals surface area contributed by atoms with Crippen molar-refractivity contribution in [3.05, 3.63) is 60.2 Å². The fraction of sp³-hybridized carbons (Fsp3) is 0.556. The molecule has 0 amide bonds. The average Bonchev–Trinajstić information content (AvgIpc) is 3.32. The van der Waals surface area contributed by atoms with Crippen molar-refractivity contribution in [3.63, 3.8) is 0 Å². The lowest BCUT2D eigenvalue weighted by Crippen LogP contribution is -2.28. The Morgan fingerprint density at radius 1 is 0.775 bits per heavy atom. The van der Waals surface area contributed by atoms with Crippen LogP contribution in [0.25, 0.3) is 32.3 Å². The maximum atomic E-state index is 6.30. The molecule has 1 saturated heterocycles. The van der Waals surface area contributed by atoms with Gasteiger partial charge < -0.3 is 18.9 Å². The van der Waals surface area contributed by atoms with Crippen molar-refractivity contribution in [2.75, 3.05) is 19.8 Å². The zero-order valence-electron chi connectivity index (χ0n) is 24.9. The molecule has 5 rings (SSSR count). The van der Waals surface area contributed by atoms with E-state index in [1.165, 1.54) is 76.4 Å². The molecular weight excluding hydrogens is 496 g/mol. The van der Waals surface area contributed by atoms with E-state index in [-0.39, 0.29) is 12.4 Å². The minimum absolute atomic E-state index is 0.0234. The molecule has 4 nitrogen and oxygen atoms in total. The largest absolute Gasteiger partial charge is 0.353 e. The van der Waals surface area contributed by atoms with Gasteiger partial charge in [0.15, 0.2) is 12.1 Å². The van der Waals surface area contributed by atoms with Crippen LogP contribution in [0.15, 0.2) is 54.6 Å². The van der Waals surface area contributed by atoms with E-state index in [1.807, 2.05) is 13.8 Å². The average molecular weight is 545 g/mol. The van der Waals surface area contributed by atoms with Gasteiger partial charge in [0.05, 0.1) is 13.2 Å². The zero-order chi connectivity index (χ0) is 27.8. The van der Waals surface area contributed by atoms with E-state index in [4.69, 9.17) is 18.9 Å². The molecule has 1 aliphatic rings. The van der Waals surface area contributed by atoms with Gasteiger partial charge in [-0.25, -0.2) is 0 Å². The molecule has 2 atom stereocenters. The van der Waals surface area contributed by atoms with Gasteiger partial charge >= 0.3 is 0 Å². The van der Waals surface area contributed by atoms with Crippen LogP contribution >= 0.6 is 0 Å². The van der Waals surface area contributed by atoms with Crippen LogP contribution in [0.2, 0.25) is 0 Å². The van der Waals surface area contributed by atoms with Crippen molar-refractivity contribution >= 4 is 32.3 Å². The molecule has 0 radical (unpaired) electrons. The van der Waals surface area contributed by atoms with Crippen LogP contribution in [0.1, 0.15) is 90.5 Å². The summed E-state index contributed by atoms with van der Waals surface area (Å²) >= 11 is 0. The lowest BCUT2D eigenvalue weighted by molar-refractivity contribution is -0.181. The second-order valence-corrected chi connectivity index (χ2v) is 12.0. The van der Waals surface area contributed by atoms with Crippen molar-refractivity contribution in [1.29, 1.82) is 0 Å². The van der Waals surface area contributed by atoms with Crippen LogP contribution in [0.3, 0.4) is 0 Å². The molecule has 1 aliphatic heterocycles. The first-order valence-electron chi connectivity index (χ1n) is 15.7. The third-order valence-corrected chi connectivity index (χ3v) is 8.34. The summed E-state index contributed by atoms with van der Waals surface area (Å²) in [4.78, 5) is 0. The quantitative estimate of drug-likeness (QED) is 0.0753. The smallest absolute Gasteiger partial charge is 0.163 e. The van der Waals surface area contributed by atoms with Crippen LogP contribution in [0, 0.1) is 0 Å². The minimum Gasteiger partial charge on any atom is -0.353 e. The molecule has 0 aromatic heterocycles. The van der Waals surface area contributed by atoms with Gasteiger partial charge in [-0.3, -0.25) is 0 Å². The first-order chi connectivity index (χ1) is 19.5. The van der Waals surface area contributed by atoms with Gasteiger partial charge in [-0.05, 0) is 83.8 Å². The normalized spacial score (nSPS) is 17.9. The van der Waals surface area contributed by atoms with Gasteiger partial charge in [-0.15, -0.1) is 0 Å². The van der Waals surface area contributed by atoms with Crippen molar-refractivity contribution in [2.45, 2.75) is 110 Å². The minimum atomic E-state index is -0.520. The summed E-state index contributed by atoms with van der Waals surface area (Å²) in [5, 5.41) is 8.18. The summed E-state index contributed by atoms with van der Waals surface area (Å²) in [6.45, 7) is 8.01. The molecule has 2 unspecified atom stereocenters. The Balaban J connectivity index is 1.11. The summed E-state index contributed by atoms with van der Waals surface area (Å²) in [5.41, 5.74) is 1.43. The molecule has 4 aromatic carbocycles. The van der Waals surface area contributed by atoms with E-state index >= 15 is 0 Å². The van der Waals surface area contributed by atoms with E-state index < -0.39 is 5.79 Å². The lowest BCUT2D eigenvalue weighted by atomic mass is 9.91. The van der Waals surface area contributed by atoms with E-state index in [2.05, 4.69) is 61.5 Å². The van der Waals surface area contributed by atoms with Crippen molar-refractivity contribution in [2.24, 2.45) is 0 Å². The Morgan fingerprint density at radius 3 is 2.23 bits per heavy atom. The molecule has 1 fully saturated rings. The Morgan fingerprint density at radius 2 is 1.48 bits per heavy atom. The highest BCUT2D eigenvalue weighted by atomic mass is 16.8. The van der Waals surface area contributed by atoms with Crippen molar-refractivity contribution < 1.29 is 18.9 Å². The predicted molar refractivity (Wildman–Crippen MR) is 166 cm³/mol. The zero-order valence-corrected chi connectivity index (χ0v) is 24.9. The van der Waals surface area contributed by atoms with E-state index in [9.17, 15) is 0 Å². The van der Waals surface area contributed by atoms with Gasteiger partial charge in [0, 0.05) is 6.61 Å². The molecule has 0 aliphatic carbocycles. The highest BCUT2D eigenvalue weighted by Crippen LogP contribution is 2.36. The Kier molecular flexibility index (Phi) is 10.3. The maximum Gasteiger partial charge on any atom is 0.163 e. The molecule has 216 valence electrons. The molecule has 0 saturated carbocycles. The number of unbranched alkanes of at least 4 members (excludes halogenated alkanes) is 7. The molecule has 0 N–H and O–H groups in total. The molecule has 40 heavy (non-hydrogen) atoms. The molecule has 0 bridgehead atoms. The molecule has 4 heteroatoms. The highest BCUT2D eigenvalue weighted by molar-refractivity contribution is 6.23. The van der Waals surface area contributed by atoms with Gasteiger partial charge in [0.25, 0.3) is 0 Å². The van der Waals surface area contributed by atoms with Crippen molar-refractivity contribution in [1.82, 2.24) is 0 Å². The summed E-state index contributed by atoms with van der Waals surface area (Å²) in [7, 11) is 0. The van der Waals surface area contributed by atoms with Crippen LogP contribution in [-0.2, 0) is 25.4 Å².